The summed E-state index contributed by atoms with van der Waals surface area (Å²) in [6, 6.07) is 1.69. The Labute approximate surface area is 108 Å². The lowest BCUT2D eigenvalue weighted by atomic mass is 10.4. The van der Waals surface area contributed by atoms with Crippen LogP contribution in [0.2, 0.25) is 0 Å². The highest BCUT2D eigenvalue weighted by atomic mass is 79.9. The molecule has 0 saturated heterocycles. The summed E-state index contributed by atoms with van der Waals surface area (Å²) in [5.74, 6) is 0.960. The lowest BCUT2D eigenvalue weighted by Gasteiger charge is -2.03. The van der Waals surface area contributed by atoms with Crippen molar-refractivity contribution in [1.82, 2.24) is 14.7 Å². The Morgan fingerprint density at radius 2 is 2.25 bits per heavy atom. The third kappa shape index (κ3) is 2.41. The molecule has 7 heteroatoms. The van der Waals surface area contributed by atoms with E-state index in [2.05, 4.69) is 42.0 Å². The van der Waals surface area contributed by atoms with Crippen LogP contribution in [0.4, 0.5) is 0 Å². The second kappa shape index (κ2) is 4.50. The first-order valence-electron chi connectivity index (χ1n) is 4.41. The number of hydrogen-bond acceptors (Lipinski definition) is 4. The summed E-state index contributed by atoms with van der Waals surface area (Å²) in [5, 5.41) is 3.66. The fourth-order valence-electron chi connectivity index (χ4n) is 1.23. The van der Waals surface area contributed by atoms with Gasteiger partial charge in [0.05, 0.1) is 4.47 Å². The molecule has 0 atom stereocenters. The van der Waals surface area contributed by atoms with Crippen LogP contribution in [-0.2, 0) is 6.54 Å². The van der Waals surface area contributed by atoms with Gasteiger partial charge in [-0.3, -0.25) is 4.79 Å². The first-order chi connectivity index (χ1) is 7.56. The largest absolute Gasteiger partial charge is 0.337 e. The molecule has 5 nitrogen and oxygen atoms in total. The molecule has 84 valence electrons. The predicted molar refractivity (Wildman–Crippen MR) is 64.2 cm³/mol. The summed E-state index contributed by atoms with van der Waals surface area (Å²) in [4.78, 5) is 15.8. The standard InChI is InChI=1S/C9H7Br2N3O2/c1-5-12-8(16-13-5)4-14-3-6(10)2-7(11)9(14)15/h2-3H,4H2,1H3. The minimum atomic E-state index is -0.140. The molecule has 2 rings (SSSR count). The van der Waals surface area contributed by atoms with E-state index in [1.54, 1.807) is 19.2 Å². The van der Waals surface area contributed by atoms with E-state index in [0.29, 0.717) is 16.2 Å². The quantitative estimate of drug-likeness (QED) is 0.834. The molecule has 0 radical (unpaired) electrons. The molecule has 2 aromatic heterocycles. The summed E-state index contributed by atoms with van der Waals surface area (Å²) in [6.45, 7) is 1.99. The van der Waals surface area contributed by atoms with Crippen LogP contribution in [0.15, 0.2) is 30.5 Å². The molecule has 2 heterocycles. The molecule has 0 N–H and O–H groups in total. The maximum Gasteiger partial charge on any atom is 0.265 e. The molecule has 0 saturated carbocycles. The third-order valence-corrected chi connectivity index (χ3v) is 2.89. The highest BCUT2D eigenvalue weighted by Gasteiger charge is 2.08. The lowest BCUT2D eigenvalue weighted by Crippen LogP contribution is -2.20. The molecular weight excluding hydrogens is 342 g/mol. The summed E-state index contributed by atoms with van der Waals surface area (Å²) in [7, 11) is 0. The topological polar surface area (TPSA) is 60.9 Å². The smallest absolute Gasteiger partial charge is 0.265 e. The highest BCUT2D eigenvalue weighted by molar-refractivity contribution is 9.11. The Balaban J connectivity index is 2.38. The Morgan fingerprint density at radius 3 is 2.88 bits per heavy atom. The van der Waals surface area contributed by atoms with Crippen LogP contribution in [0.3, 0.4) is 0 Å². The van der Waals surface area contributed by atoms with Crippen molar-refractivity contribution < 1.29 is 4.52 Å². The van der Waals surface area contributed by atoms with Crippen molar-refractivity contribution in [3.05, 3.63) is 43.3 Å². The fraction of sp³-hybridized carbons (Fsp3) is 0.222. The van der Waals surface area contributed by atoms with Crippen molar-refractivity contribution in [2.24, 2.45) is 0 Å². The minimum absolute atomic E-state index is 0.140. The van der Waals surface area contributed by atoms with Crippen molar-refractivity contribution in [2.75, 3.05) is 0 Å². The summed E-state index contributed by atoms with van der Waals surface area (Å²) in [5.41, 5.74) is -0.140. The zero-order valence-corrected chi connectivity index (χ0v) is 11.4. The van der Waals surface area contributed by atoms with Gasteiger partial charge in [0.1, 0.15) is 6.54 Å². The van der Waals surface area contributed by atoms with Crippen molar-refractivity contribution in [1.29, 1.82) is 0 Å². The first kappa shape index (κ1) is 11.5. The van der Waals surface area contributed by atoms with Crippen LogP contribution in [0, 0.1) is 6.92 Å². The van der Waals surface area contributed by atoms with E-state index < -0.39 is 0 Å². The van der Waals surface area contributed by atoms with Crippen molar-refractivity contribution >= 4 is 31.9 Å². The molecule has 0 aromatic carbocycles. The molecule has 0 fully saturated rings. The molecule has 0 aliphatic heterocycles. The molecule has 0 unspecified atom stereocenters. The second-order valence-corrected chi connectivity index (χ2v) is 4.94. The van der Waals surface area contributed by atoms with Gasteiger partial charge in [0.15, 0.2) is 5.82 Å². The van der Waals surface area contributed by atoms with E-state index in [9.17, 15) is 4.79 Å². The van der Waals surface area contributed by atoms with Crippen LogP contribution in [0.5, 0.6) is 0 Å². The van der Waals surface area contributed by atoms with E-state index in [0.717, 1.165) is 4.47 Å². The Morgan fingerprint density at radius 1 is 1.50 bits per heavy atom. The van der Waals surface area contributed by atoms with Crippen LogP contribution < -0.4 is 5.56 Å². The van der Waals surface area contributed by atoms with Crippen molar-refractivity contribution in [3.63, 3.8) is 0 Å². The molecule has 2 aromatic rings. The first-order valence-corrected chi connectivity index (χ1v) is 5.99. The molecular formula is C9H7Br2N3O2. The molecule has 0 bridgehead atoms. The zero-order valence-electron chi connectivity index (χ0n) is 8.28. The van der Waals surface area contributed by atoms with E-state index in [1.807, 2.05) is 0 Å². The summed E-state index contributed by atoms with van der Waals surface area (Å²) < 4.78 is 7.72. The van der Waals surface area contributed by atoms with Crippen LogP contribution in [-0.4, -0.2) is 14.7 Å². The van der Waals surface area contributed by atoms with E-state index in [-0.39, 0.29) is 12.1 Å². The maximum absolute atomic E-state index is 11.7. The van der Waals surface area contributed by atoms with Gasteiger partial charge in [-0.05, 0) is 44.8 Å². The molecule has 16 heavy (non-hydrogen) atoms. The van der Waals surface area contributed by atoms with Gasteiger partial charge in [0.2, 0.25) is 5.89 Å². The Kier molecular flexibility index (Phi) is 3.25. The fourth-order valence-corrected chi connectivity index (χ4v) is 2.49. The lowest BCUT2D eigenvalue weighted by molar-refractivity contribution is 0.366. The normalized spacial score (nSPS) is 10.7. The molecule has 0 aliphatic rings. The van der Waals surface area contributed by atoms with Gasteiger partial charge in [-0.2, -0.15) is 4.98 Å². The number of aryl methyl sites for hydroxylation is 1. The van der Waals surface area contributed by atoms with Crippen molar-refractivity contribution in [2.45, 2.75) is 13.5 Å². The predicted octanol–water partition coefficient (Wildman–Crippen LogP) is 2.11. The number of hydrogen-bond donors (Lipinski definition) is 0. The van der Waals surface area contributed by atoms with Gasteiger partial charge in [-0.25, -0.2) is 0 Å². The van der Waals surface area contributed by atoms with Crippen LogP contribution in [0.1, 0.15) is 11.7 Å². The second-order valence-electron chi connectivity index (χ2n) is 3.17. The zero-order chi connectivity index (χ0) is 11.7. The van der Waals surface area contributed by atoms with Gasteiger partial charge in [-0.15, -0.1) is 0 Å². The van der Waals surface area contributed by atoms with Crippen LogP contribution >= 0.6 is 31.9 Å². The van der Waals surface area contributed by atoms with Gasteiger partial charge in [0.25, 0.3) is 5.56 Å². The molecule has 0 aliphatic carbocycles. The van der Waals surface area contributed by atoms with Crippen LogP contribution in [0.25, 0.3) is 0 Å². The number of nitrogens with zero attached hydrogens (tertiary/aromatic N) is 3. The van der Waals surface area contributed by atoms with Gasteiger partial charge in [0, 0.05) is 10.7 Å². The number of halogens is 2. The Bertz CT molecular complexity index is 576. The van der Waals surface area contributed by atoms with Gasteiger partial charge < -0.3 is 9.09 Å². The monoisotopic (exact) mass is 347 g/mol. The average molecular weight is 349 g/mol. The molecule has 0 spiro atoms. The third-order valence-electron chi connectivity index (χ3n) is 1.88. The number of rotatable bonds is 2. The van der Waals surface area contributed by atoms with Gasteiger partial charge >= 0.3 is 0 Å². The average Bonchev–Trinajstić information content (AvgIpc) is 2.60. The summed E-state index contributed by atoms with van der Waals surface area (Å²) >= 11 is 6.49. The Hall–Kier alpha value is -0.950. The number of aromatic nitrogens is 3. The van der Waals surface area contributed by atoms with Gasteiger partial charge in [-0.1, -0.05) is 5.16 Å². The van der Waals surface area contributed by atoms with E-state index >= 15 is 0 Å². The van der Waals surface area contributed by atoms with E-state index in [4.69, 9.17) is 4.52 Å². The molecule has 0 amide bonds. The van der Waals surface area contributed by atoms with Crippen molar-refractivity contribution in [3.8, 4) is 0 Å². The minimum Gasteiger partial charge on any atom is -0.337 e. The van der Waals surface area contributed by atoms with E-state index in [1.165, 1.54) is 4.57 Å². The number of pyridine rings is 1. The maximum atomic E-state index is 11.7. The highest BCUT2D eigenvalue weighted by Crippen LogP contribution is 2.13. The SMILES string of the molecule is Cc1noc(Cn2cc(Br)cc(Br)c2=O)n1. The summed E-state index contributed by atoms with van der Waals surface area (Å²) in [6.07, 6.45) is 1.67.